The van der Waals surface area contributed by atoms with E-state index in [9.17, 15) is 14.4 Å². The summed E-state index contributed by atoms with van der Waals surface area (Å²) in [7, 11) is 0. The SMILES string of the molecule is O=C1c2ccc(C(=O)N3C4CCNCC3CC4)cc2C(=O)N1C1CCCCC1. The Balaban J connectivity index is 1.43. The molecular weight excluding hydrogens is 354 g/mol. The van der Waals surface area contributed by atoms with Gasteiger partial charge in [0.2, 0.25) is 0 Å². The highest BCUT2D eigenvalue weighted by molar-refractivity contribution is 6.22. The molecule has 0 spiro atoms. The maximum absolute atomic E-state index is 13.3. The molecule has 1 saturated carbocycles. The molecule has 4 aliphatic rings. The molecule has 6 heteroatoms. The van der Waals surface area contributed by atoms with Gasteiger partial charge in [0.15, 0.2) is 0 Å². The lowest BCUT2D eigenvalue weighted by Crippen LogP contribution is -2.42. The minimum Gasteiger partial charge on any atom is -0.331 e. The first-order valence-electron chi connectivity index (χ1n) is 10.7. The molecule has 5 rings (SSSR count). The molecule has 2 bridgehead atoms. The summed E-state index contributed by atoms with van der Waals surface area (Å²) in [6.07, 6.45) is 8.13. The summed E-state index contributed by atoms with van der Waals surface area (Å²) in [4.78, 5) is 42.6. The van der Waals surface area contributed by atoms with Crippen LogP contribution in [-0.2, 0) is 0 Å². The summed E-state index contributed by atoms with van der Waals surface area (Å²) in [6, 6.07) is 5.59. The Morgan fingerprint density at radius 1 is 0.857 bits per heavy atom. The van der Waals surface area contributed by atoms with Gasteiger partial charge in [0, 0.05) is 30.2 Å². The highest BCUT2D eigenvalue weighted by atomic mass is 16.2. The van der Waals surface area contributed by atoms with Gasteiger partial charge in [-0.05, 0) is 56.8 Å². The predicted molar refractivity (Wildman–Crippen MR) is 104 cm³/mol. The van der Waals surface area contributed by atoms with Crippen LogP contribution >= 0.6 is 0 Å². The van der Waals surface area contributed by atoms with Crippen molar-refractivity contribution in [1.82, 2.24) is 15.1 Å². The number of rotatable bonds is 2. The van der Waals surface area contributed by atoms with Crippen molar-refractivity contribution in [3.63, 3.8) is 0 Å². The Kier molecular flexibility index (Phi) is 4.46. The third-order valence-corrected chi connectivity index (χ3v) is 6.99. The normalized spacial score (nSPS) is 27.9. The molecule has 6 nitrogen and oxygen atoms in total. The maximum atomic E-state index is 13.3. The summed E-state index contributed by atoms with van der Waals surface area (Å²) in [6.45, 7) is 1.78. The molecule has 3 heterocycles. The molecular formula is C22H27N3O3. The second-order valence-corrected chi connectivity index (χ2v) is 8.62. The van der Waals surface area contributed by atoms with Gasteiger partial charge in [0.05, 0.1) is 11.1 Å². The monoisotopic (exact) mass is 381 g/mol. The van der Waals surface area contributed by atoms with E-state index in [1.54, 1.807) is 18.2 Å². The van der Waals surface area contributed by atoms with Crippen LogP contribution in [-0.4, -0.2) is 58.7 Å². The van der Waals surface area contributed by atoms with E-state index >= 15 is 0 Å². The second kappa shape index (κ2) is 6.99. The van der Waals surface area contributed by atoms with E-state index in [1.165, 1.54) is 11.3 Å². The minimum absolute atomic E-state index is 0.00429. The summed E-state index contributed by atoms with van der Waals surface area (Å²) >= 11 is 0. The molecule has 3 amide bonds. The van der Waals surface area contributed by atoms with Crippen LogP contribution in [0.15, 0.2) is 18.2 Å². The molecule has 1 aliphatic carbocycles. The van der Waals surface area contributed by atoms with E-state index in [2.05, 4.69) is 5.32 Å². The fraction of sp³-hybridized carbons (Fsp3) is 0.591. The molecule has 3 aliphatic heterocycles. The number of amides is 3. The molecule has 1 aromatic rings. The number of carbonyl (C=O) groups excluding carboxylic acids is 3. The smallest absolute Gasteiger partial charge is 0.261 e. The summed E-state index contributed by atoms with van der Waals surface area (Å²) in [5.41, 5.74) is 1.39. The van der Waals surface area contributed by atoms with E-state index in [1.807, 2.05) is 4.90 Å². The second-order valence-electron chi connectivity index (χ2n) is 8.62. The average Bonchev–Trinajstić information content (AvgIpc) is 3.13. The van der Waals surface area contributed by atoms with E-state index in [4.69, 9.17) is 0 Å². The van der Waals surface area contributed by atoms with Crippen molar-refractivity contribution in [3.05, 3.63) is 34.9 Å². The summed E-state index contributed by atoms with van der Waals surface area (Å²) in [5.74, 6) is -0.414. The van der Waals surface area contributed by atoms with Gasteiger partial charge in [0.1, 0.15) is 0 Å². The van der Waals surface area contributed by atoms with Crippen molar-refractivity contribution < 1.29 is 14.4 Å². The zero-order chi connectivity index (χ0) is 19.3. The van der Waals surface area contributed by atoms with Crippen LogP contribution in [0.2, 0.25) is 0 Å². The van der Waals surface area contributed by atoms with Crippen LogP contribution in [0.25, 0.3) is 0 Å². The standard InChI is InChI=1S/C22H27N3O3/c26-20(24-16-7-8-17(24)13-23-11-10-16)14-6-9-18-19(12-14)22(28)25(21(18)27)15-4-2-1-3-5-15/h6,9,12,15-17,23H,1-5,7-8,10-11,13H2. The first-order chi connectivity index (χ1) is 13.6. The molecule has 2 unspecified atom stereocenters. The molecule has 1 aromatic carbocycles. The van der Waals surface area contributed by atoms with Crippen LogP contribution in [0.5, 0.6) is 0 Å². The van der Waals surface area contributed by atoms with Gasteiger partial charge >= 0.3 is 0 Å². The molecule has 148 valence electrons. The van der Waals surface area contributed by atoms with Crippen LogP contribution in [0.4, 0.5) is 0 Å². The number of hydrogen-bond acceptors (Lipinski definition) is 4. The number of imide groups is 1. The number of hydrogen-bond donors (Lipinski definition) is 1. The zero-order valence-electron chi connectivity index (χ0n) is 16.2. The van der Waals surface area contributed by atoms with Crippen molar-refractivity contribution in [1.29, 1.82) is 0 Å². The fourth-order valence-corrected chi connectivity index (χ4v) is 5.53. The van der Waals surface area contributed by atoms with Crippen molar-refractivity contribution in [3.8, 4) is 0 Å². The Hall–Kier alpha value is -2.21. The molecule has 3 fully saturated rings. The number of benzene rings is 1. The lowest BCUT2D eigenvalue weighted by atomic mass is 9.94. The van der Waals surface area contributed by atoms with Crippen molar-refractivity contribution in [2.24, 2.45) is 0 Å². The van der Waals surface area contributed by atoms with Crippen LogP contribution in [0, 0.1) is 0 Å². The predicted octanol–water partition coefficient (Wildman–Crippen LogP) is 2.58. The van der Waals surface area contributed by atoms with Crippen LogP contribution < -0.4 is 5.32 Å². The Bertz CT molecular complexity index is 816. The van der Waals surface area contributed by atoms with Gasteiger partial charge in [-0.1, -0.05) is 19.3 Å². The van der Waals surface area contributed by atoms with Gasteiger partial charge in [-0.15, -0.1) is 0 Å². The van der Waals surface area contributed by atoms with E-state index in [0.717, 1.165) is 58.0 Å². The average molecular weight is 381 g/mol. The third kappa shape index (κ3) is 2.77. The Morgan fingerprint density at radius 3 is 2.43 bits per heavy atom. The van der Waals surface area contributed by atoms with Crippen molar-refractivity contribution >= 4 is 17.7 Å². The molecule has 28 heavy (non-hydrogen) atoms. The van der Waals surface area contributed by atoms with Gasteiger partial charge in [-0.2, -0.15) is 0 Å². The molecule has 0 aromatic heterocycles. The zero-order valence-corrected chi connectivity index (χ0v) is 16.2. The maximum Gasteiger partial charge on any atom is 0.261 e. The van der Waals surface area contributed by atoms with Gasteiger partial charge < -0.3 is 10.2 Å². The highest BCUT2D eigenvalue weighted by Gasteiger charge is 2.42. The van der Waals surface area contributed by atoms with Crippen LogP contribution in [0.3, 0.4) is 0 Å². The lowest BCUT2D eigenvalue weighted by molar-refractivity contribution is 0.0548. The van der Waals surface area contributed by atoms with Gasteiger partial charge in [0.25, 0.3) is 17.7 Å². The third-order valence-electron chi connectivity index (χ3n) is 6.99. The number of nitrogens with zero attached hydrogens (tertiary/aromatic N) is 2. The Labute approximate surface area is 165 Å². The summed E-state index contributed by atoms with van der Waals surface area (Å²) < 4.78 is 0. The molecule has 2 saturated heterocycles. The molecule has 1 N–H and O–H groups in total. The van der Waals surface area contributed by atoms with Crippen molar-refractivity contribution in [2.45, 2.75) is 69.5 Å². The van der Waals surface area contributed by atoms with Crippen molar-refractivity contribution in [2.75, 3.05) is 13.1 Å². The first kappa shape index (κ1) is 17.9. The van der Waals surface area contributed by atoms with E-state index < -0.39 is 0 Å². The first-order valence-corrected chi connectivity index (χ1v) is 10.7. The number of nitrogens with one attached hydrogen (secondary N) is 1. The topological polar surface area (TPSA) is 69.7 Å². The molecule has 0 radical (unpaired) electrons. The minimum atomic E-state index is -0.220. The fourth-order valence-electron chi connectivity index (χ4n) is 5.53. The van der Waals surface area contributed by atoms with Gasteiger partial charge in [-0.3, -0.25) is 19.3 Å². The lowest BCUT2D eigenvalue weighted by Gasteiger charge is -2.29. The number of carbonyl (C=O) groups is 3. The number of fused-ring (bicyclic) bond motifs is 3. The van der Waals surface area contributed by atoms with Gasteiger partial charge in [-0.25, -0.2) is 0 Å². The highest BCUT2D eigenvalue weighted by Crippen LogP contribution is 2.33. The summed E-state index contributed by atoms with van der Waals surface area (Å²) in [5, 5.41) is 3.41. The molecule has 2 atom stereocenters. The van der Waals surface area contributed by atoms with Crippen LogP contribution in [0.1, 0.15) is 82.4 Å². The quantitative estimate of drug-likeness (QED) is 0.800. The van der Waals surface area contributed by atoms with E-state index in [-0.39, 0.29) is 35.8 Å². The van der Waals surface area contributed by atoms with E-state index in [0.29, 0.717) is 16.7 Å². The Morgan fingerprint density at radius 2 is 1.61 bits per heavy atom. The largest absolute Gasteiger partial charge is 0.331 e.